The van der Waals surface area contributed by atoms with E-state index < -0.39 is 5.54 Å². The summed E-state index contributed by atoms with van der Waals surface area (Å²) in [6.45, 7) is 9.09. The second-order valence-electron chi connectivity index (χ2n) is 6.87. The molecule has 0 aromatic carbocycles. The third-order valence-electron chi connectivity index (χ3n) is 5.43. The molecule has 2 rings (SSSR count). The molecule has 2 aliphatic rings. The normalized spacial score (nSPS) is 30.0. The standard InChI is InChI=1S/C17H30N2O2/c1-5-8-14-15(20)19(11-12(6-2)7-3)17(4,13-9-10-13)16(21)18-14/h12-14H,5-11H2,1-4H3,(H,18,21). The molecule has 1 saturated heterocycles. The first-order valence-corrected chi connectivity index (χ1v) is 8.61. The minimum atomic E-state index is -0.621. The summed E-state index contributed by atoms with van der Waals surface area (Å²) in [7, 11) is 0. The van der Waals surface area contributed by atoms with E-state index in [-0.39, 0.29) is 17.9 Å². The van der Waals surface area contributed by atoms with E-state index in [4.69, 9.17) is 0 Å². The Morgan fingerprint density at radius 3 is 2.33 bits per heavy atom. The molecule has 1 saturated carbocycles. The monoisotopic (exact) mass is 294 g/mol. The summed E-state index contributed by atoms with van der Waals surface area (Å²) in [6, 6.07) is -0.316. The van der Waals surface area contributed by atoms with Crippen LogP contribution in [0.3, 0.4) is 0 Å². The van der Waals surface area contributed by atoms with Crippen molar-refractivity contribution in [3.05, 3.63) is 0 Å². The Bertz CT molecular complexity index is 402. The van der Waals surface area contributed by atoms with Crippen molar-refractivity contribution in [2.75, 3.05) is 6.54 Å². The van der Waals surface area contributed by atoms with Crippen molar-refractivity contribution in [3.8, 4) is 0 Å². The van der Waals surface area contributed by atoms with Crippen molar-refractivity contribution < 1.29 is 9.59 Å². The maximum atomic E-state index is 12.9. The van der Waals surface area contributed by atoms with Crippen LogP contribution in [-0.2, 0) is 9.59 Å². The number of rotatable bonds is 7. The molecule has 1 aliphatic heterocycles. The minimum Gasteiger partial charge on any atom is -0.342 e. The van der Waals surface area contributed by atoms with Gasteiger partial charge in [-0.25, -0.2) is 0 Å². The third-order valence-corrected chi connectivity index (χ3v) is 5.43. The summed E-state index contributed by atoms with van der Waals surface area (Å²) in [6.07, 6.45) is 5.90. The summed E-state index contributed by atoms with van der Waals surface area (Å²) in [5, 5.41) is 2.99. The molecule has 2 fully saturated rings. The number of carbonyl (C=O) groups excluding carboxylic acids is 2. The van der Waals surface area contributed by atoms with E-state index in [1.54, 1.807) is 0 Å². The molecule has 1 N–H and O–H groups in total. The number of nitrogens with zero attached hydrogens (tertiary/aromatic N) is 1. The average molecular weight is 294 g/mol. The van der Waals surface area contributed by atoms with Crippen LogP contribution in [0.5, 0.6) is 0 Å². The summed E-state index contributed by atoms with van der Waals surface area (Å²) in [4.78, 5) is 27.5. The van der Waals surface area contributed by atoms with E-state index in [2.05, 4.69) is 26.1 Å². The molecule has 0 spiro atoms. The second kappa shape index (κ2) is 6.37. The molecular weight excluding hydrogens is 264 g/mol. The Hall–Kier alpha value is -1.06. The zero-order valence-corrected chi connectivity index (χ0v) is 13.9. The maximum Gasteiger partial charge on any atom is 0.246 e. The van der Waals surface area contributed by atoms with Crippen LogP contribution in [0.4, 0.5) is 0 Å². The van der Waals surface area contributed by atoms with Gasteiger partial charge in [-0.2, -0.15) is 0 Å². The predicted octanol–water partition coefficient (Wildman–Crippen LogP) is 2.72. The molecule has 0 radical (unpaired) electrons. The van der Waals surface area contributed by atoms with Crippen molar-refractivity contribution in [1.29, 1.82) is 0 Å². The lowest BCUT2D eigenvalue weighted by molar-refractivity contribution is -0.159. The van der Waals surface area contributed by atoms with Crippen LogP contribution in [0.1, 0.15) is 66.2 Å². The van der Waals surface area contributed by atoms with Gasteiger partial charge in [0.2, 0.25) is 11.8 Å². The predicted molar refractivity (Wildman–Crippen MR) is 83.8 cm³/mol. The molecule has 2 atom stereocenters. The third kappa shape index (κ3) is 2.95. The fourth-order valence-electron chi connectivity index (χ4n) is 3.53. The lowest BCUT2D eigenvalue weighted by atomic mass is 9.85. The van der Waals surface area contributed by atoms with Crippen molar-refractivity contribution in [2.45, 2.75) is 77.8 Å². The van der Waals surface area contributed by atoms with Crippen LogP contribution in [0.15, 0.2) is 0 Å². The Morgan fingerprint density at radius 1 is 1.24 bits per heavy atom. The number of nitrogens with one attached hydrogen (secondary N) is 1. The van der Waals surface area contributed by atoms with Gasteiger partial charge in [0.15, 0.2) is 0 Å². The first-order valence-electron chi connectivity index (χ1n) is 8.61. The number of hydrogen-bond acceptors (Lipinski definition) is 2. The van der Waals surface area contributed by atoms with Gasteiger partial charge in [-0.3, -0.25) is 9.59 Å². The molecule has 4 heteroatoms. The van der Waals surface area contributed by atoms with E-state index in [0.717, 1.165) is 45.1 Å². The number of carbonyl (C=O) groups is 2. The summed E-state index contributed by atoms with van der Waals surface area (Å²) >= 11 is 0. The summed E-state index contributed by atoms with van der Waals surface area (Å²) in [5.41, 5.74) is -0.621. The van der Waals surface area contributed by atoms with Crippen LogP contribution in [0, 0.1) is 11.8 Å². The van der Waals surface area contributed by atoms with Crippen molar-refractivity contribution >= 4 is 11.8 Å². The Labute approximate surface area is 128 Å². The highest BCUT2D eigenvalue weighted by Gasteiger charge is 2.56. The van der Waals surface area contributed by atoms with Crippen molar-refractivity contribution in [2.24, 2.45) is 11.8 Å². The molecule has 2 amide bonds. The molecule has 1 heterocycles. The van der Waals surface area contributed by atoms with E-state index >= 15 is 0 Å². The van der Waals surface area contributed by atoms with E-state index in [0.29, 0.717) is 11.8 Å². The van der Waals surface area contributed by atoms with Crippen LogP contribution in [0.2, 0.25) is 0 Å². The molecule has 21 heavy (non-hydrogen) atoms. The van der Waals surface area contributed by atoms with Crippen LogP contribution >= 0.6 is 0 Å². The van der Waals surface area contributed by atoms with Gasteiger partial charge in [0, 0.05) is 6.54 Å². The van der Waals surface area contributed by atoms with Crippen LogP contribution in [-0.4, -0.2) is 34.8 Å². The molecule has 120 valence electrons. The van der Waals surface area contributed by atoms with Gasteiger partial charge in [0.05, 0.1) is 0 Å². The van der Waals surface area contributed by atoms with Gasteiger partial charge >= 0.3 is 0 Å². The van der Waals surface area contributed by atoms with Gasteiger partial charge in [0.25, 0.3) is 0 Å². The van der Waals surface area contributed by atoms with Gasteiger partial charge in [-0.1, -0.05) is 40.0 Å². The van der Waals surface area contributed by atoms with Gasteiger partial charge in [-0.15, -0.1) is 0 Å². The van der Waals surface area contributed by atoms with Crippen molar-refractivity contribution in [1.82, 2.24) is 10.2 Å². The van der Waals surface area contributed by atoms with Crippen LogP contribution < -0.4 is 5.32 Å². The zero-order valence-electron chi connectivity index (χ0n) is 13.9. The average Bonchev–Trinajstić information content (AvgIpc) is 3.30. The smallest absolute Gasteiger partial charge is 0.246 e. The van der Waals surface area contributed by atoms with Gasteiger partial charge in [-0.05, 0) is 38.0 Å². The van der Waals surface area contributed by atoms with E-state index in [1.807, 2.05) is 11.8 Å². The number of piperazine rings is 1. The summed E-state index contributed by atoms with van der Waals surface area (Å²) < 4.78 is 0. The highest BCUT2D eigenvalue weighted by atomic mass is 16.2. The lowest BCUT2D eigenvalue weighted by Gasteiger charge is -2.48. The van der Waals surface area contributed by atoms with Crippen LogP contribution in [0.25, 0.3) is 0 Å². The second-order valence-corrected chi connectivity index (χ2v) is 6.87. The van der Waals surface area contributed by atoms with E-state index in [1.165, 1.54) is 0 Å². The molecule has 4 nitrogen and oxygen atoms in total. The zero-order chi connectivity index (χ0) is 15.6. The molecule has 2 unspecified atom stereocenters. The topological polar surface area (TPSA) is 49.4 Å². The SMILES string of the molecule is CCCC1NC(=O)C(C)(C2CC2)N(CC(CC)CC)C1=O. The Morgan fingerprint density at radius 2 is 1.86 bits per heavy atom. The van der Waals surface area contributed by atoms with Gasteiger partial charge in [0.1, 0.15) is 11.6 Å². The number of amides is 2. The number of hydrogen-bond donors (Lipinski definition) is 1. The molecular formula is C17H30N2O2. The first-order chi connectivity index (χ1) is 9.98. The molecule has 0 bridgehead atoms. The lowest BCUT2D eigenvalue weighted by Crippen LogP contribution is -2.71. The highest BCUT2D eigenvalue weighted by Crippen LogP contribution is 2.45. The van der Waals surface area contributed by atoms with E-state index in [9.17, 15) is 9.59 Å². The highest BCUT2D eigenvalue weighted by molar-refractivity contribution is 6.00. The quantitative estimate of drug-likeness (QED) is 0.785. The fraction of sp³-hybridized carbons (Fsp3) is 0.882. The molecule has 0 aromatic heterocycles. The largest absolute Gasteiger partial charge is 0.342 e. The maximum absolute atomic E-state index is 12.9. The van der Waals surface area contributed by atoms with Gasteiger partial charge < -0.3 is 10.2 Å². The Kier molecular flexibility index (Phi) is 4.95. The summed E-state index contributed by atoms with van der Waals surface area (Å²) in [5.74, 6) is 1.03. The fourth-order valence-corrected chi connectivity index (χ4v) is 3.53. The minimum absolute atomic E-state index is 0.0639. The molecule has 1 aliphatic carbocycles. The molecule has 0 aromatic rings. The van der Waals surface area contributed by atoms with Crippen molar-refractivity contribution in [3.63, 3.8) is 0 Å². The first kappa shape index (κ1) is 16.3. The Balaban J connectivity index is 2.26.